The van der Waals surface area contributed by atoms with E-state index in [1.165, 1.54) is 0 Å². The van der Waals surface area contributed by atoms with Crippen LogP contribution in [0.15, 0.2) is 72.9 Å². The molecule has 0 atom stereocenters. The minimum absolute atomic E-state index is 0.0122. The number of hydrogen-bond acceptors (Lipinski definition) is 5. The normalized spacial score (nSPS) is 13.8. The molecule has 0 spiro atoms. The van der Waals surface area contributed by atoms with Crippen molar-refractivity contribution in [2.45, 2.75) is 18.9 Å². The average Bonchev–Trinajstić information content (AvgIpc) is 3.63. The summed E-state index contributed by atoms with van der Waals surface area (Å²) in [6.45, 7) is -0.0122. The number of aromatic hydroxyl groups is 1. The van der Waals surface area contributed by atoms with Crippen LogP contribution in [0.4, 0.5) is 0 Å². The molecule has 8 nitrogen and oxygen atoms in total. The third kappa shape index (κ3) is 4.85. The smallest absolute Gasteiger partial charge is 0.311 e. The van der Waals surface area contributed by atoms with Gasteiger partial charge in [-0.05, 0) is 24.0 Å². The van der Waals surface area contributed by atoms with Gasteiger partial charge in [-0.15, -0.1) is 0 Å². The number of aromatic nitrogens is 1. The Morgan fingerprint density at radius 3 is 2.00 bits per heavy atom. The van der Waals surface area contributed by atoms with Crippen LogP contribution in [0.2, 0.25) is 0 Å². The predicted octanol–water partition coefficient (Wildman–Crippen LogP) is 2.90. The molecule has 0 bridgehead atoms. The highest BCUT2D eigenvalue weighted by molar-refractivity contribution is 5.99. The molecular formula is C25H23N3O5. The van der Waals surface area contributed by atoms with Gasteiger partial charge in [-0.25, -0.2) is 4.98 Å². The molecule has 4 rings (SSSR count). The van der Waals surface area contributed by atoms with Gasteiger partial charge < -0.3 is 20.8 Å². The number of rotatable bonds is 8. The number of pyridine rings is 1. The Hall–Kier alpha value is -4.20. The van der Waals surface area contributed by atoms with E-state index in [0.29, 0.717) is 12.8 Å². The third-order valence-electron chi connectivity index (χ3n) is 5.80. The van der Waals surface area contributed by atoms with Gasteiger partial charge in [-0.2, -0.15) is 0 Å². The molecule has 1 fully saturated rings. The maximum atomic E-state index is 13.0. The van der Waals surface area contributed by atoms with Gasteiger partial charge in [0.25, 0.3) is 11.8 Å². The molecule has 2 amide bonds. The van der Waals surface area contributed by atoms with Crippen LogP contribution in [0.1, 0.15) is 50.9 Å². The third-order valence-corrected chi connectivity index (χ3v) is 5.80. The quantitative estimate of drug-likeness (QED) is 0.422. The fourth-order valence-electron chi connectivity index (χ4n) is 3.56. The summed E-state index contributed by atoms with van der Waals surface area (Å²) in [5.41, 5.74) is 0.642. The van der Waals surface area contributed by atoms with Crippen LogP contribution in [0.25, 0.3) is 0 Å². The molecular weight excluding hydrogens is 422 g/mol. The zero-order valence-corrected chi connectivity index (χ0v) is 17.7. The van der Waals surface area contributed by atoms with Crippen molar-refractivity contribution in [3.05, 3.63) is 95.3 Å². The lowest BCUT2D eigenvalue weighted by atomic mass is 9.98. The highest BCUT2D eigenvalue weighted by Crippen LogP contribution is 2.45. The first kappa shape index (κ1) is 22.0. The fourth-order valence-corrected chi connectivity index (χ4v) is 3.56. The van der Waals surface area contributed by atoms with E-state index in [9.17, 15) is 24.6 Å². The van der Waals surface area contributed by atoms with Crippen LogP contribution in [0.5, 0.6) is 5.75 Å². The van der Waals surface area contributed by atoms with Gasteiger partial charge in [-0.1, -0.05) is 60.7 Å². The summed E-state index contributed by atoms with van der Waals surface area (Å²) in [4.78, 5) is 40.6. The Balaban J connectivity index is 1.49. The Kier molecular flexibility index (Phi) is 6.08. The van der Waals surface area contributed by atoms with Gasteiger partial charge in [0.1, 0.15) is 11.4 Å². The fraction of sp³-hybridized carbons (Fsp3) is 0.200. The predicted molar refractivity (Wildman–Crippen MR) is 120 cm³/mol. The van der Waals surface area contributed by atoms with E-state index in [1.807, 2.05) is 60.7 Å². The van der Waals surface area contributed by atoms with Crippen molar-refractivity contribution >= 4 is 17.8 Å². The van der Waals surface area contributed by atoms with Crippen molar-refractivity contribution in [1.29, 1.82) is 0 Å². The van der Waals surface area contributed by atoms with E-state index in [2.05, 4.69) is 15.6 Å². The summed E-state index contributed by atoms with van der Waals surface area (Å²) < 4.78 is 0. The second kappa shape index (κ2) is 9.12. The number of aliphatic carboxylic acids is 1. The van der Waals surface area contributed by atoms with E-state index >= 15 is 0 Å². The minimum atomic E-state index is -0.947. The van der Waals surface area contributed by atoms with Crippen molar-refractivity contribution in [2.24, 2.45) is 5.41 Å². The maximum Gasteiger partial charge on any atom is 0.311 e. The van der Waals surface area contributed by atoms with Crippen LogP contribution >= 0.6 is 0 Å². The molecule has 0 aliphatic heterocycles. The number of benzene rings is 2. The molecule has 1 aromatic heterocycles. The summed E-state index contributed by atoms with van der Waals surface area (Å²) in [6, 6.07) is 19.5. The van der Waals surface area contributed by atoms with Crippen LogP contribution in [0.3, 0.4) is 0 Å². The van der Waals surface area contributed by atoms with E-state index in [0.717, 1.165) is 23.4 Å². The van der Waals surface area contributed by atoms with Crippen molar-refractivity contribution in [3.63, 3.8) is 0 Å². The monoisotopic (exact) mass is 445 g/mol. The second-order valence-electron chi connectivity index (χ2n) is 8.08. The molecule has 0 radical (unpaired) electrons. The lowest BCUT2D eigenvalue weighted by Gasteiger charge is -2.20. The molecule has 0 saturated heterocycles. The van der Waals surface area contributed by atoms with E-state index in [-0.39, 0.29) is 17.8 Å². The zero-order chi connectivity index (χ0) is 23.4. The minimum Gasteiger partial charge on any atom is -0.507 e. The molecule has 4 N–H and O–H groups in total. The summed E-state index contributed by atoms with van der Waals surface area (Å²) in [5.74, 6) is -2.51. The lowest BCUT2D eigenvalue weighted by Crippen LogP contribution is -2.34. The summed E-state index contributed by atoms with van der Waals surface area (Å²) >= 11 is 0. The zero-order valence-electron chi connectivity index (χ0n) is 17.7. The van der Waals surface area contributed by atoms with Crippen LogP contribution in [-0.4, -0.2) is 39.5 Å². The van der Waals surface area contributed by atoms with Crippen LogP contribution < -0.4 is 10.6 Å². The molecule has 1 aliphatic rings. The second-order valence-corrected chi connectivity index (χ2v) is 8.08. The largest absolute Gasteiger partial charge is 0.507 e. The first-order valence-corrected chi connectivity index (χ1v) is 10.5. The SMILES string of the molecule is O=C(NCC1(C(=O)O)CC1)c1cc(O)c(C(=O)NC(c2ccccc2)c2ccccc2)cn1. The number of carbonyl (C=O) groups excluding carboxylic acids is 2. The molecule has 168 valence electrons. The molecule has 1 aliphatic carbocycles. The molecule has 2 aromatic carbocycles. The lowest BCUT2D eigenvalue weighted by molar-refractivity contribution is -0.143. The average molecular weight is 445 g/mol. The Bertz CT molecular complexity index is 1140. The highest BCUT2D eigenvalue weighted by Gasteiger charge is 2.50. The standard InChI is InChI=1S/C25H23N3O5/c29-20-13-19(23(31)27-15-25(11-12-25)24(32)33)26-14-18(20)22(30)28-21(16-7-3-1-4-8-16)17-9-5-2-6-10-17/h1-10,13-14,21H,11-12,15H2,(H,26,29)(H,27,31)(H,28,30)(H,32,33). The van der Waals surface area contributed by atoms with Gasteiger partial charge in [0, 0.05) is 18.8 Å². The summed E-state index contributed by atoms with van der Waals surface area (Å²) in [6.07, 6.45) is 2.14. The Labute approximate surface area is 190 Å². The maximum absolute atomic E-state index is 13.0. The summed E-state index contributed by atoms with van der Waals surface area (Å²) in [7, 11) is 0. The highest BCUT2D eigenvalue weighted by atomic mass is 16.4. The number of carboxylic acid groups (broad SMARTS) is 1. The van der Waals surface area contributed by atoms with E-state index < -0.39 is 35.0 Å². The van der Waals surface area contributed by atoms with Gasteiger partial charge in [-0.3, -0.25) is 14.4 Å². The molecule has 0 unspecified atom stereocenters. The van der Waals surface area contributed by atoms with Gasteiger partial charge in [0.2, 0.25) is 0 Å². The molecule has 33 heavy (non-hydrogen) atoms. The van der Waals surface area contributed by atoms with Crippen molar-refractivity contribution in [1.82, 2.24) is 15.6 Å². The molecule has 3 aromatic rings. The molecule has 8 heteroatoms. The van der Waals surface area contributed by atoms with Gasteiger partial charge >= 0.3 is 5.97 Å². The number of carbonyl (C=O) groups is 3. The molecule has 1 heterocycles. The van der Waals surface area contributed by atoms with Crippen molar-refractivity contribution in [3.8, 4) is 5.75 Å². The van der Waals surface area contributed by atoms with Crippen LogP contribution in [-0.2, 0) is 4.79 Å². The first-order chi connectivity index (χ1) is 15.9. The van der Waals surface area contributed by atoms with E-state index in [1.54, 1.807) is 0 Å². The number of amides is 2. The van der Waals surface area contributed by atoms with Crippen molar-refractivity contribution < 1.29 is 24.6 Å². The number of hydrogen-bond donors (Lipinski definition) is 4. The molecule has 1 saturated carbocycles. The van der Waals surface area contributed by atoms with E-state index in [4.69, 9.17) is 0 Å². The van der Waals surface area contributed by atoms with Gasteiger partial charge in [0.15, 0.2) is 0 Å². The summed E-state index contributed by atoms with van der Waals surface area (Å²) in [5, 5.41) is 25.1. The number of nitrogens with one attached hydrogen (secondary N) is 2. The van der Waals surface area contributed by atoms with Crippen molar-refractivity contribution in [2.75, 3.05) is 6.54 Å². The topological polar surface area (TPSA) is 129 Å². The Morgan fingerprint density at radius 2 is 1.52 bits per heavy atom. The first-order valence-electron chi connectivity index (χ1n) is 10.5. The number of nitrogens with zero attached hydrogens (tertiary/aromatic N) is 1. The van der Waals surface area contributed by atoms with Gasteiger partial charge in [0.05, 0.1) is 17.0 Å². The Morgan fingerprint density at radius 1 is 0.939 bits per heavy atom. The van der Waals surface area contributed by atoms with Crippen LogP contribution in [0, 0.1) is 5.41 Å². The number of carboxylic acids is 1.